The van der Waals surface area contributed by atoms with Crippen molar-refractivity contribution in [2.24, 2.45) is 11.8 Å². The molecule has 0 aromatic heterocycles. The van der Waals surface area contributed by atoms with Gasteiger partial charge in [0.05, 0.1) is 0 Å². The summed E-state index contributed by atoms with van der Waals surface area (Å²) in [5.41, 5.74) is -0.600. The van der Waals surface area contributed by atoms with Crippen LogP contribution in [0.5, 0.6) is 0 Å². The molecule has 2 rings (SSSR count). The summed E-state index contributed by atoms with van der Waals surface area (Å²) < 4.78 is 5.44. The predicted octanol–water partition coefficient (Wildman–Crippen LogP) is 3.28. The van der Waals surface area contributed by atoms with Gasteiger partial charge in [-0.05, 0) is 51.9 Å². The molecular weight excluding hydrogens is 270 g/mol. The second kappa shape index (κ2) is 5.85. The zero-order valence-electron chi connectivity index (χ0n) is 13.5. The highest BCUT2D eigenvalue weighted by Gasteiger charge is 2.50. The lowest BCUT2D eigenvalue weighted by molar-refractivity contribution is -0.142. The smallest absolute Gasteiger partial charge is 0.411 e. The van der Waals surface area contributed by atoms with Gasteiger partial charge in [0.1, 0.15) is 11.6 Å². The molecule has 1 unspecified atom stereocenters. The maximum Gasteiger partial charge on any atom is 0.411 e. The summed E-state index contributed by atoms with van der Waals surface area (Å²) in [5.74, 6) is -0.0199. The molecule has 120 valence electrons. The van der Waals surface area contributed by atoms with Gasteiger partial charge in [0.15, 0.2) is 0 Å². The van der Waals surface area contributed by atoms with Crippen molar-refractivity contribution in [3.63, 3.8) is 0 Å². The number of hydrogen-bond acceptors (Lipinski definition) is 3. The molecule has 0 bridgehead atoms. The topological polar surface area (TPSA) is 66.8 Å². The van der Waals surface area contributed by atoms with Crippen LogP contribution in [0.3, 0.4) is 0 Å². The van der Waals surface area contributed by atoms with Crippen LogP contribution < -0.4 is 0 Å². The van der Waals surface area contributed by atoms with Crippen LogP contribution in [0.4, 0.5) is 4.79 Å². The van der Waals surface area contributed by atoms with Gasteiger partial charge in [0.2, 0.25) is 0 Å². The third kappa shape index (κ3) is 3.50. The molecule has 5 nitrogen and oxygen atoms in total. The molecule has 1 N–H and O–H groups in total. The number of carboxylic acid groups (broad SMARTS) is 1. The third-order valence-electron chi connectivity index (χ3n) is 4.75. The molecule has 1 aliphatic heterocycles. The van der Waals surface area contributed by atoms with Crippen molar-refractivity contribution in [3.05, 3.63) is 0 Å². The molecule has 2 aliphatic rings. The fourth-order valence-electron chi connectivity index (χ4n) is 3.71. The average Bonchev–Trinajstić information content (AvgIpc) is 2.74. The average molecular weight is 297 g/mol. The first kappa shape index (κ1) is 16.1. The van der Waals surface area contributed by atoms with E-state index in [1.165, 1.54) is 4.90 Å². The highest BCUT2D eigenvalue weighted by molar-refractivity contribution is 5.81. The van der Waals surface area contributed by atoms with E-state index in [9.17, 15) is 14.7 Å². The van der Waals surface area contributed by atoms with Gasteiger partial charge in [-0.25, -0.2) is 9.59 Å². The molecule has 1 amide bonds. The molecule has 1 heterocycles. The SMILES string of the molecule is CCC1CC[C@@H]2C[C@@H](C(=O)O)N(C(=O)OC(C)(C)C)[C@@H]2C1. The van der Waals surface area contributed by atoms with Crippen molar-refractivity contribution in [1.82, 2.24) is 4.90 Å². The van der Waals surface area contributed by atoms with Crippen molar-refractivity contribution in [1.29, 1.82) is 0 Å². The van der Waals surface area contributed by atoms with Crippen LogP contribution in [-0.4, -0.2) is 39.8 Å². The summed E-state index contributed by atoms with van der Waals surface area (Å²) in [4.78, 5) is 25.5. The Hall–Kier alpha value is -1.26. The van der Waals surface area contributed by atoms with E-state index in [2.05, 4.69) is 6.92 Å². The number of hydrogen-bond donors (Lipinski definition) is 1. The number of ether oxygens (including phenoxy) is 1. The summed E-state index contributed by atoms with van der Waals surface area (Å²) >= 11 is 0. The van der Waals surface area contributed by atoms with Gasteiger partial charge in [0, 0.05) is 6.04 Å². The number of carbonyl (C=O) groups excluding carboxylic acids is 1. The van der Waals surface area contributed by atoms with E-state index in [1.807, 2.05) is 20.8 Å². The highest BCUT2D eigenvalue weighted by Crippen LogP contribution is 2.43. The lowest BCUT2D eigenvalue weighted by Gasteiger charge is -2.37. The molecule has 4 atom stereocenters. The van der Waals surface area contributed by atoms with Crippen LogP contribution in [0.2, 0.25) is 0 Å². The molecule has 5 heteroatoms. The number of nitrogens with zero attached hydrogens (tertiary/aromatic N) is 1. The third-order valence-corrected chi connectivity index (χ3v) is 4.75. The number of likely N-dealkylation sites (tertiary alicyclic amines) is 1. The summed E-state index contributed by atoms with van der Waals surface area (Å²) in [6.07, 6.45) is 4.25. The Morgan fingerprint density at radius 3 is 2.43 bits per heavy atom. The highest BCUT2D eigenvalue weighted by atomic mass is 16.6. The van der Waals surface area contributed by atoms with Crippen LogP contribution in [0.25, 0.3) is 0 Å². The fraction of sp³-hybridized carbons (Fsp3) is 0.875. The zero-order chi connectivity index (χ0) is 15.8. The molecule has 2 fully saturated rings. The molecule has 0 spiro atoms. The van der Waals surface area contributed by atoms with Crippen molar-refractivity contribution >= 4 is 12.1 Å². The lowest BCUT2D eigenvalue weighted by atomic mass is 9.77. The van der Waals surface area contributed by atoms with E-state index in [-0.39, 0.29) is 6.04 Å². The Kier molecular flexibility index (Phi) is 4.49. The molecule has 1 saturated carbocycles. The molecule has 1 aliphatic carbocycles. The van der Waals surface area contributed by atoms with Crippen molar-refractivity contribution in [3.8, 4) is 0 Å². The van der Waals surface area contributed by atoms with Gasteiger partial charge in [-0.2, -0.15) is 0 Å². The molecule has 0 aromatic rings. The Balaban J connectivity index is 2.20. The molecule has 0 aromatic carbocycles. The minimum atomic E-state index is -0.914. The molecule has 0 radical (unpaired) electrons. The summed E-state index contributed by atoms with van der Waals surface area (Å²) in [5, 5.41) is 9.45. The zero-order valence-corrected chi connectivity index (χ0v) is 13.5. The minimum Gasteiger partial charge on any atom is -0.480 e. The quantitative estimate of drug-likeness (QED) is 0.849. The second-order valence-electron chi connectivity index (χ2n) is 7.39. The van der Waals surface area contributed by atoms with E-state index in [4.69, 9.17) is 4.74 Å². The minimum absolute atomic E-state index is 0.0275. The molecular formula is C16H27NO4. The van der Waals surface area contributed by atoms with Crippen LogP contribution in [0.1, 0.15) is 59.8 Å². The first-order valence-electron chi connectivity index (χ1n) is 7.97. The molecule has 1 saturated heterocycles. The summed E-state index contributed by atoms with van der Waals surface area (Å²) in [6.45, 7) is 7.59. The summed E-state index contributed by atoms with van der Waals surface area (Å²) in [7, 11) is 0. The van der Waals surface area contributed by atoms with Crippen molar-refractivity contribution in [2.45, 2.75) is 77.5 Å². The van der Waals surface area contributed by atoms with Gasteiger partial charge in [-0.1, -0.05) is 19.8 Å². The number of carbonyl (C=O) groups is 2. The summed E-state index contributed by atoms with van der Waals surface area (Å²) in [6, 6.07) is -0.704. The fourth-order valence-corrected chi connectivity index (χ4v) is 3.71. The van der Waals surface area contributed by atoms with E-state index >= 15 is 0 Å². The predicted molar refractivity (Wildman–Crippen MR) is 79.0 cm³/mol. The first-order chi connectivity index (χ1) is 9.73. The van der Waals surface area contributed by atoms with Crippen molar-refractivity contribution < 1.29 is 19.4 Å². The Morgan fingerprint density at radius 2 is 1.90 bits per heavy atom. The van der Waals surface area contributed by atoms with Gasteiger partial charge in [-0.15, -0.1) is 0 Å². The van der Waals surface area contributed by atoms with Gasteiger partial charge >= 0.3 is 12.1 Å². The maximum absolute atomic E-state index is 12.5. The van der Waals surface area contributed by atoms with E-state index < -0.39 is 23.7 Å². The van der Waals surface area contributed by atoms with E-state index in [1.54, 1.807) is 0 Å². The Labute approximate surface area is 126 Å². The monoisotopic (exact) mass is 297 g/mol. The molecule has 21 heavy (non-hydrogen) atoms. The van der Waals surface area contributed by atoms with Crippen LogP contribution in [-0.2, 0) is 9.53 Å². The number of amides is 1. The first-order valence-corrected chi connectivity index (χ1v) is 7.97. The van der Waals surface area contributed by atoms with E-state index in [0.717, 1.165) is 25.7 Å². The van der Waals surface area contributed by atoms with E-state index in [0.29, 0.717) is 18.3 Å². The van der Waals surface area contributed by atoms with Crippen LogP contribution in [0, 0.1) is 11.8 Å². The number of carboxylic acids is 1. The lowest BCUT2D eigenvalue weighted by Crippen LogP contribution is -2.49. The largest absolute Gasteiger partial charge is 0.480 e. The second-order valence-corrected chi connectivity index (χ2v) is 7.39. The number of aliphatic carboxylic acids is 1. The van der Waals surface area contributed by atoms with Crippen LogP contribution in [0.15, 0.2) is 0 Å². The Bertz CT molecular complexity index is 415. The van der Waals surface area contributed by atoms with Gasteiger partial charge < -0.3 is 9.84 Å². The number of fused-ring (bicyclic) bond motifs is 1. The normalized spacial score (nSPS) is 32.7. The van der Waals surface area contributed by atoms with Crippen LogP contribution >= 0.6 is 0 Å². The van der Waals surface area contributed by atoms with Gasteiger partial charge in [0.25, 0.3) is 0 Å². The van der Waals surface area contributed by atoms with Crippen molar-refractivity contribution in [2.75, 3.05) is 0 Å². The van der Waals surface area contributed by atoms with Gasteiger partial charge in [-0.3, -0.25) is 4.90 Å². The number of rotatable bonds is 2. The standard InChI is InChI=1S/C16H27NO4/c1-5-10-6-7-11-9-13(14(18)19)17(12(11)8-10)15(20)21-16(2,3)4/h10-13H,5-9H2,1-4H3,(H,18,19)/t10?,11-,12-,13+/m1/s1. The maximum atomic E-state index is 12.5. The Morgan fingerprint density at radius 1 is 1.24 bits per heavy atom.